The van der Waals surface area contributed by atoms with Crippen LogP contribution in [0.25, 0.3) is 20.9 Å². The van der Waals surface area contributed by atoms with Crippen molar-refractivity contribution < 1.29 is 14.3 Å². The fraction of sp³-hybridized carbons (Fsp3) is 0.333. The summed E-state index contributed by atoms with van der Waals surface area (Å²) >= 11 is 7.72. The molecule has 1 aliphatic heterocycles. The van der Waals surface area contributed by atoms with Gasteiger partial charge in [0.05, 0.1) is 31.4 Å². The van der Waals surface area contributed by atoms with Crippen molar-refractivity contribution in [2.45, 2.75) is 30.6 Å². The minimum atomic E-state index is -0.343. The summed E-state index contributed by atoms with van der Waals surface area (Å²) < 4.78 is 7.00. The van der Waals surface area contributed by atoms with E-state index in [0.717, 1.165) is 22.6 Å². The molecule has 3 aromatic heterocycles. The molecule has 0 fully saturated rings. The number of Topliss-reactive ketones (excluding diaryl/α,β-unsaturated/α-hetero) is 1. The molecule has 2 aliphatic rings. The van der Waals surface area contributed by atoms with Gasteiger partial charge in [0.1, 0.15) is 11.4 Å². The summed E-state index contributed by atoms with van der Waals surface area (Å²) in [5.41, 5.74) is 0.617. The van der Waals surface area contributed by atoms with Crippen molar-refractivity contribution in [3.05, 3.63) is 49.3 Å². The lowest BCUT2D eigenvalue weighted by molar-refractivity contribution is -0.138. The Bertz CT molecular complexity index is 1280. The van der Waals surface area contributed by atoms with Crippen LogP contribution in [0.4, 0.5) is 0 Å². The van der Waals surface area contributed by atoms with Crippen LogP contribution in [0.1, 0.15) is 28.1 Å². The number of hydrogen-bond donors (Lipinski definition) is 0. The predicted molar refractivity (Wildman–Crippen MR) is 129 cm³/mol. The SMILES string of the molecule is O=C(OCCn1c(-c2cccs2)nc2sc3c(c2c1=O)CCC(Br)C3=O)C1=CCCS1. The third-order valence-corrected chi connectivity index (χ3v) is 9.23. The van der Waals surface area contributed by atoms with Crippen LogP contribution < -0.4 is 5.56 Å². The second-order valence-corrected chi connectivity index (χ2v) is 11.4. The highest BCUT2D eigenvalue weighted by atomic mass is 79.9. The number of thiophene rings is 2. The lowest BCUT2D eigenvalue weighted by Gasteiger charge is -2.15. The van der Waals surface area contributed by atoms with E-state index in [-0.39, 0.29) is 35.3 Å². The Kier molecular flexibility index (Phi) is 5.89. The van der Waals surface area contributed by atoms with Crippen LogP contribution >= 0.6 is 50.4 Å². The number of nitrogens with zero attached hydrogens (tertiary/aromatic N) is 2. The van der Waals surface area contributed by atoms with E-state index < -0.39 is 0 Å². The standard InChI is InChI=1S/C21H17BrN2O4S3/c22-12-6-5-11-15-19(31-17(11)16(12)25)23-18(13-3-1-9-29-13)24(20(15)26)7-8-28-21(27)14-4-2-10-30-14/h1,3-4,9,12H,2,5-8,10H2. The molecule has 1 atom stereocenters. The molecular formula is C21H17BrN2O4S3. The van der Waals surface area contributed by atoms with E-state index in [0.29, 0.717) is 38.7 Å². The number of halogens is 1. The maximum Gasteiger partial charge on any atom is 0.344 e. The first-order valence-corrected chi connectivity index (χ1v) is 13.4. The molecule has 0 saturated heterocycles. The van der Waals surface area contributed by atoms with Crippen LogP contribution in [0.15, 0.2) is 33.3 Å². The molecule has 0 saturated carbocycles. The normalized spacial score (nSPS) is 18.3. The lowest BCUT2D eigenvalue weighted by atomic mass is 9.96. The van der Waals surface area contributed by atoms with Crippen molar-refractivity contribution in [2.75, 3.05) is 12.4 Å². The first-order valence-electron chi connectivity index (χ1n) is 9.83. The van der Waals surface area contributed by atoms with E-state index in [1.165, 1.54) is 34.4 Å². The largest absolute Gasteiger partial charge is 0.460 e. The lowest BCUT2D eigenvalue weighted by Crippen LogP contribution is -2.27. The number of fused-ring (bicyclic) bond motifs is 3. The number of ketones is 1. The summed E-state index contributed by atoms with van der Waals surface area (Å²) in [5, 5.41) is 2.45. The highest BCUT2D eigenvalue weighted by Crippen LogP contribution is 2.37. The molecule has 31 heavy (non-hydrogen) atoms. The Balaban J connectivity index is 1.54. The first-order chi connectivity index (χ1) is 15.0. The van der Waals surface area contributed by atoms with E-state index in [9.17, 15) is 14.4 Å². The van der Waals surface area contributed by atoms with Crippen molar-refractivity contribution in [1.82, 2.24) is 9.55 Å². The monoisotopic (exact) mass is 536 g/mol. The number of aryl methyl sites for hydroxylation is 1. The molecule has 3 aromatic rings. The fourth-order valence-corrected chi connectivity index (χ4v) is 7.19. The van der Waals surface area contributed by atoms with Crippen molar-refractivity contribution in [2.24, 2.45) is 0 Å². The van der Waals surface area contributed by atoms with Crippen LogP contribution in [0.5, 0.6) is 0 Å². The van der Waals surface area contributed by atoms with Gasteiger partial charge in [-0.15, -0.1) is 34.4 Å². The van der Waals surface area contributed by atoms with Gasteiger partial charge in [-0.2, -0.15) is 0 Å². The molecule has 10 heteroatoms. The summed E-state index contributed by atoms with van der Waals surface area (Å²) in [5.74, 6) is 1.11. The van der Waals surface area contributed by atoms with Gasteiger partial charge in [-0.3, -0.25) is 14.2 Å². The highest BCUT2D eigenvalue weighted by Gasteiger charge is 2.31. The summed E-state index contributed by atoms with van der Waals surface area (Å²) in [6.45, 7) is 0.287. The van der Waals surface area contributed by atoms with Gasteiger partial charge in [-0.1, -0.05) is 28.1 Å². The van der Waals surface area contributed by atoms with E-state index in [1.54, 1.807) is 4.57 Å². The third-order valence-electron chi connectivity index (χ3n) is 5.26. The number of hydrogen-bond acceptors (Lipinski definition) is 8. The van der Waals surface area contributed by atoms with Crippen LogP contribution in [0.3, 0.4) is 0 Å². The predicted octanol–water partition coefficient (Wildman–Crippen LogP) is 4.64. The molecule has 1 aliphatic carbocycles. The molecule has 4 heterocycles. The molecule has 0 radical (unpaired) electrons. The van der Waals surface area contributed by atoms with Crippen molar-refractivity contribution in [1.29, 1.82) is 0 Å². The Labute approximate surface area is 198 Å². The quantitative estimate of drug-likeness (QED) is 0.349. The molecular weight excluding hydrogens is 520 g/mol. The van der Waals surface area contributed by atoms with Crippen molar-refractivity contribution in [3.8, 4) is 10.7 Å². The molecule has 0 bridgehead atoms. The molecule has 6 nitrogen and oxygen atoms in total. The molecule has 0 aromatic carbocycles. The topological polar surface area (TPSA) is 78.3 Å². The smallest absolute Gasteiger partial charge is 0.344 e. The van der Waals surface area contributed by atoms with Gasteiger partial charge in [0.2, 0.25) is 0 Å². The molecule has 1 unspecified atom stereocenters. The molecule has 0 N–H and O–H groups in total. The Morgan fingerprint density at radius 2 is 2.23 bits per heavy atom. The number of alkyl halides is 1. The van der Waals surface area contributed by atoms with Crippen molar-refractivity contribution >= 4 is 72.3 Å². The second kappa shape index (κ2) is 8.65. The van der Waals surface area contributed by atoms with E-state index in [2.05, 4.69) is 15.9 Å². The van der Waals surface area contributed by atoms with Crippen LogP contribution in [0, 0.1) is 0 Å². The van der Waals surface area contributed by atoms with E-state index in [1.807, 2.05) is 23.6 Å². The second-order valence-electron chi connectivity index (χ2n) is 7.17. The zero-order chi connectivity index (χ0) is 21.5. The Morgan fingerprint density at radius 1 is 1.35 bits per heavy atom. The van der Waals surface area contributed by atoms with Gasteiger partial charge in [-0.25, -0.2) is 9.78 Å². The van der Waals surface area contributed by atoms with Crippen molar-refractivity contribution in [3.63, 3.8) is 0 Å². The van der Waals surface area contributed by atoms with Gasteiger partial charge in [0, 0.05) is 5.75 Å². The Hall–Kier alpha value is -1.75. The summed E-state index contributed by atoms with van der Waals surface area (Å²) in [6.07, 6.45) is 4.07. The zero-order valence-corrected chi connectivity index (χ0v) is 20.3. The number of esters is 1. The van der Waals surface area contributed by atoms with Crippen LogP contribution in [-0.2, 0) is 22.5 Å². The highest BCUT2D eigenvalue weighted by molar-refractivity contribution is 9.10. The maximum atomic E-state index is 13.6. The number of allylic oxidation sites excluding steroid dienone is 1. The zero-order valence-electron chi connectivity index (χ0n) is 16.3. The number of ether oxygens (including phenoxy) is 1. The first kappa shape index (κ1) is 21.1. The summed E-state index contributed by atoms with van der Waals surface area (Å²) in [7, 11) is 0. The van der Waals surface area contributed by atoms with E-state index in [4.69, 9.17) is 9.72 Å². The molecule has 5 rings (SSSR count). The fourth-order valence-electron chi connectivity index (χ4n) is 3.78. The van der Waals surface area contributed by atoms with Crippen LogP contribution in [0.2, 0.25) is 0 Å². The molecule has 0 spiro atoms. The van der Waals surface area contributed by atoms with Gasteiger partial charge >= 0.3 is 5.97 Å². The van der Waals surface area contributed by atoms with Crippen LogP contribution in [-0.4, -0.2) is 38.5 Å². The minimum Gasteiger partial charge on any atom is -0.460 e. The minimum absolute atomic E-state index is 0.0177. The van der Waals surface area contributed by atoms with Gasteiger partial charge in [-0.05, 0) is 36.3 Å². The average molecular weight is 537 g/mol. The van der Waals surface area contributed by atoms with Gasteiger partial charge in [0.15, 0.2) is 11.6 Å². The third kappa shape index (κ3) is 3.83. The number of carbonyl (C=O) groups excluding carboxylic acids is 2. The van der Waals surface area contributed by atoms with Gasteiger partial charge < -0.3 is 4.74 Å². The Morgan fingerprint density at radius 3 is 2.97 bits per heavy atom. The number of carbonyl (C=O) groups is 2. The number of aromatic nitrogens is 2. The van der Waals surface area contributed by atoms with E-state index >= 15 is 0 Å². The van der Waals surface area contributed by atoms with Gasteiger partial charge in [0.25, 0.3) is 5.56 Å². The average Bonchev–Trinajstić information content (AvgIpc) is 3.52. The number of thioether (sulfide) groups is 1. The number of rotatable bonds is 5. The summed E-state index contributed by atoms with van der Waals surface area (Å²) in [4.78, 5) is 45.7. The maximum absolute atomic E-state index is 13.6. The summed E-state index contributed by atoms with van der Waals surface area (Å²) in [6, 6.07) is 3.82. The molecule has 160 valence electrons. The molecule has 0 amide bonds.